The molecule has 4 aromatic rings. The molecule has 0 spiro atoms. The van der Waals surface area contributed by atoms with Crippen molar-refractivity contribution in [3.8, 4) is 23.1 Å². The minimum atomic E-state index is -5.09. The molecule has 2 aromatic carbocycles. The zero-order valence-electron chi connectivity index (χ0n) is 44.5. The molecule has 7 rings (SSSR count). The number of carbonyl (C=O) groups is 4. The maximum absolute atomic E-state index is 16.1. The van der Waals surface area contributed by atoms with Gasteiger partial charge in [0.1, 0.15) is 30.3 Å². The molecule has 0 aliphatic carbocycles. The van der Waals surface area contributed by atoms with Crippen molar-refractivity contribution in [3.05, 3.63) is 94.9 Å². The van der Waals surface area contributed by atoms with Crippen LogP contribution in [0.25, 0.3) is 11.3 Å². The number of aromatic nitrogens is 4. The first-order valence-corrected chi connectivity index (χ1v) is 25.4. The Morgan fingerprint density at radius 1 is 0.823 bits per heavy atom. The molecule has 5 heterocycles. The molecule has 3 aliphatic heterocycles. The van der Waals surface area contributed by atoms with Gasteiger partial charge in [0.15, 0.2) is 0 Å². The van der Waals surface area contributed by atoms with Gasteiger partial charge in [0, 0.05) is 73.5 Å². The van der Waals surface area contributed by atoms with E-state index in [-0.39, 0.29) is 17.7 Å². The number of rotatable bonds is 19. The Morgan fingerprint density at radius 3 is 1.94 bits per heavy atom. The normalized spacial score (nSPS) is 18.4. The van der Waals surface area contributed by atoms with Gasteiger partial charge in [0.25, 0.3) is 12.3 Å². The number of hydrazine groups is 1. The lowest BCUT2D eigenvalue weighted by atomic mass is 9.82. The summed E-state index contributed by atoms with van der Waals surface area (Å²) in [6, 6.07) is 5.35. The van der Waals surface area contributed by atoms with Crippen LogP contribution in [0.3, 0.4) is 0 Å². The van der Waals surface area contributed by atoms with Gasteiger partial charge in [-0.15, -0.1) is 0 Å². The van der Waals surface area contributed by atoms with E-state index in [2.05, 4.69) is 57.5 Å². The zero-order chi connectivity index (χ0) is 57.6. The van der Waals surface area contributed by atoms with Crippen LogP contribution >= 0.6 is 0 Å². The highest BCUT2D eigenvalue weighted by Gasteiger charge is 2.56. The predicted octanol–water partition coefficient (Wildman–Crippen LogP) is 5.34. The fraction of sp³-hybridized carbons (Fsp3) is 0.528. The Labute approximate surface area is 451 Å². The highest BCUT2D eigenvalue weighted by atomic mass is 19.4. The van der Waals surface area contributed by atoms with Gasteiger partial charge < -0.3 is 40.2 Å². The number of nitrogens with zero attached hydrogens (tertiary/aromatic N) is 7. The molecule has 428 valence electrons. The van der Waals surface area contributed by atoms with E-state index in [1.807, 2.05) is 5.32 Å². The Hall–Kier alpha value is -7.08. The van der Waals surface area contributed by atoms with Gasteiger partial charge in [-0.05, 0) is 74.4 Å². The molecule has 26 heteroatoms. The van der Waals surface area contributed by atoms with E-state index >= 15 is 8.78 Å². The van der Waals surface area contributed by atoms with Crippen LogP contribution in [0.15, 0.2) is 61.1 Å². The summed E-state index contributed by atoms with van der Waals surface area (Å²) in [7, 11) is 1.93. The Kier molecular flexibility index (Phi) is 18.8. The van der Waals surface area contributed by atoms with Crippen LogP contribution in [0.2, 0.25) is 0 Å². The molecule has 19 nitrogen and oxygen atoms in total. The van der Waals surface area contributed by atoms with Gasteiger partial charge in [-0.1, -0.05) is 44.7 Å². The summed E-state index contributed by atoms with van der Waals surface area (Å²) in [4.78, 5) is 67.0. The average Bonchev–Trinajstić information content (AvgIpc) is 4.10. The quantitative estimate of drug-likeness (QED) is 0.0455. The van der Waals surface area contributed by atoms with Crippen LogP contribution in [0.4, 0.5) is 46.3 Å². The van der Waals surface area contributed by atoms with Gasteiger partial charge in [-0.2, -0.15) is 18.3 Å². The van der Waals surface area contributed by atoms with Crippen molar-refractivity contribution in [2.75, 3.05) is 52.0 Å². The van der Waals surface area contributed by atoms with Crippen molar-refractivity contribution in [2.24, 2.45) is 10.8 Å². The lowest BCUT2D eigenvalue weighted by Gasteiger charge is -2.47. The minimum absolute atomic E-state index is 0.0499. The fourth-order valence-corrected chi connectivity index (χ4v) is 9.65. The number of carbonyl (C=O) groups excluding carboxylic acids is 4. The van der Waals surface area contributed by atoms with E-state index < -0.39 is 108 Å². The lowest BCUT2D eigenvalue weighted by Crippen LogP contribution is -2.63. The van der Waals surface area contributed by atoms with Crippen LogP contribution in [0, 0.1) is 34.3 Å². The molecule has 3 fully saturated rings. The number of anilines is 1. The van der Waals surface area contributed by atoms with Crippen molar-refractivity contribution in [1.82, 2.24) is 51.0 Å². The Balaban J connectivity index is 1.16. The number of aliphatic hydroxyl groups excluding tert-OH is 1. The molecular weight excluding hydrogens is 1050 g/mol. The van der Waals surface area contributed by atoms with E-state index in [9.17, 15) is 46.2 Å². The second-order valence-corrected chi connectivity index (χ2v) is 21.3. The number of alkyl carbamates (subject to hydrolysis) is 2. The number of benzene rings is 2. The highest BCUT2D eigenvalue weighted by Crippen LogP contribution is 2.41. The minimum Gasteiger partial charge on any atom is -0.453 e. The highest BCUT2D eigenvalue weighted by molar-refractivity contribution is 5.87. The number of fused-ring (bicyclic) bond motifs is 2. The predicted molar refractivity (Wildman–Crippen MR) is 272 cm³/mol. The number of hydrogen-bond donors (Lipinski definition) is 5. The molecule has 6 atom stereocenters. The van der Waals surface area contributed by atoms with Gasteiger partial charge in [0.2, 0.25) is 11.9 Å². The number of nitrogens with one attached hydrogen (secondary N) is 4. The SMILES string of the molecule is COC(=O)N[C@H](C(=O)NN(Cc1c(F)cc(-c2ccn(CC(F)F)n2)cc1F)C[C@H](O)[C@H](Cc1ccc(C#Cc2cnc(N3CC4CCC(C3)N4C3COC3)nc2)cc1)NC(=O)[C@@H](NC(=O)OC)C(C)(C)C(F)(F)F)C(C)(C)C. The molecule has 3 aliphatic rings. The summed E-state index contributed by atoms with van der Waals surface area (Å²) >= 11 is 0. The molecule has 2 bridgehead atoms. The van der Waals surface area contributed by atoms with Crippen molar-refractivity contribution < 1.29 is 69.2 Å². The third-order valence-electron chi connectivity index (χ3n) is 14.2. The van der Waals surface area contributed by atoms with Crippen molar-refractivity contribution in [2.45, 2.75) is 122 Å². The summed E-state index contributed by atoms with van der Waals surface area (Å²) in [5, 5.41) is 23.7. The third-order valence-corrected chi connectivity index (χ3v) is 14.2. The van der Waals surface area contributed by atoms with Crippen LogP contribution in [0.5, 0.6) is 0 Å². The number of methoxy groups -OCH3 is 2. The van der Waals surface area contributed by atoms with Crippen molar-refractivity contribution in [3.63, 3.8) is 0 Å². The van der Waals surface area contributed by atoms with Crippen LogP contribution in [0.1, 0.15) is 69.7 Å². The lowest BCUT2D eigenvalue weighted by molar-refractivity contribution is -0.220. The number of piperazine rings is 1. The molecule has 3 saturated heterocycles. The number of ether oxygens (including phenoxy) is 3. The van der Waals surface area contributed by atoms with Crippen LogP contribution in [-0.2, 0) is 43.3 Å². The maximum atomic E-state index is 16.1. The second-order valence-electron chi connectivity index (χ2n) is 21.3. The van der Waals surface area contributed by atoms with Crippen molar-refractivity contribution in [1.29, 1.82) is 0 Å². The van der Waals surface area contributed by atoms with Crippen LogP contribution in [-0.4, -0.2) is 161 Å². The van der Waals surface area contributed by atoms with Gasteiger partial charge >= 0.3 is 18.4 Å². The molecule has 79 heavy (non-hydrogen) atoms. The average molecular weight is 1120 g/mol. The van der Waals surface area contributed by atoms with E-state index in [1.54, 1.807) is 57.4 Å². The topological polar surface area (TPSA) is 218 Å². The van der Waals surface area contributed by atoms with Gasteiger partial charge in [-0.3, -0.25) is 24.6 Å². The number of hydrogen-bond acceptors (Lipinski definition) is 14. The molecule has 0 radical (unpaired) electrons. The smallest absolute Gasteiger partial charge is 0.407 e. The third kappa shape index (κ3) is 14.8. The first-order valence-electron chi connectivity index (χ1n) is 25.4. The number of alkyl halides is 5. The van der Waals surface area contributed by atoms with E-state index in [0.717, 1.165) is 75.2 Å². The summed E-state index contributed by atoms with van der Waals surface area (Å²) < 4.78 is 118. The molecule has 2 unspecified atom stereocenters. The summed E-state index contributed by atoms with van der Waals surface area (Å²) in [5.74, 6) is 1.89. The molecule has 5 N–H and O–H groups in total. The van der Waals surface area contributed by atoms with E-state index in [4.69, 9.17) is 9.47 Å². The molecule has 0 saturated carbocycles. The van der Waals surface area contributed by atoms with Gasteiger partial charge in [0.05, 0.1) is 62.3 Å². The Bertz CT molecular complexity index is 2820. The zero-order valence-corrected chi connectivity index (χ0v) is 44.5. The van der Waals surface area contributed by atoms with E-state index in [1.165, 1.54) is 12.3 Å². The van der Waals surface area contributed by atoms with Gasteiger partial charge in [-0.25, -0.2) is 42.1 Å². The molecule has 2 aromatic heterocycles. The summed E-state index contributed by atoms with van der Waals surface area (Å²) in [5.41, 5.74) is -0.954. The molecule has 4 amide bonds. The Morgan fingerprint density at radius 2 is 1.41 bits per heavy atom. The van der Waals surface area contributed by atoms with Crippen molar-refractivity contribution >= 4 is 29.9 Å². The summed E-state index contributed by atoms with van der Waals surface area (Å²) in [6.07, 6.45) is -5.82. The second kappa shape index (κ2) is 24.9. The molecular formula is C53H64F7N11O8. The van der Waals surface area contributed by atoms with Crippen LogP contribution < -0.4 is 26.3 Å². The fourth-order valence-electron chi connectivity index (χ4n) is 9.65. The first kappa shape index (κ1) is 59.6. The standard InChI is InChI=1S/C53H64F7N11O8/c1-51(2,3)44(64-49(75)77-6)47(74)67-70(25-37-38(54)19-33(20-39(37)55)40-16-17-69(66-40)27-43(56)57)26-42(72)41(63-46(73)45(65-50(76)78-7)52(4,5)53(58,59)60)18-31-11-8-30(9-12-31)10-13-32-21-61-48(62-22-32)68-23-34-14-15-35(24-68)71(34)36-28-79-29-36/h8-9,11-12,16-17,19-22,34-36,41-45,72H,14-15,18,23-29H2,1-7H3,(H,63,73)(H,64,75)(H,65,76)(H,67,74)/t34?,35?,41-,42-,44+,45+/m0/s1. The first-order chi connectivity index (χ1) is 37.2. The monoisotopic (exact) mass is 1120 g/mol. The van der Waals surface area contributed by atoms with E-state index in [0.29, 0.717) is 54.6 Å². The maximum Gasteiger partial charge on any atom is 0.407 e. The number of aliphatic hydroxyl groups is 1. The largest absolute Gasteiger partial charge is 0.453 e. The number of amides is 4. The summed E-state index contributed by atoms with van der Waals surface area (Å²) in [6.45, 7) is 6.78. The number of halogens is 7.